The zero-order valence-corrected chi connectivity index (χ0v) is 30.0. The summed E-state index contributed by atoms with van der Waals surface area (Å²) in [6.07, 6.45) is 2.22. The van der Waals surface area contributed by atoms with Crippen molar-refractivity contribution in [3.8, 4) is 67.0 Å². The monoisotopic (exact) mass is 673 g/mol. The van der Waals surface area contributed by atoms with Gasteiger partial charge in [-0.15, -0.1) is 0 Å². The van der Waals surface area contributed by atoms with Crippen LogP contribution >= 0.6 is 12.6 Å². The number of allylic oxidation sites excluding steroid dienone is 3. The van der Waals surface area contributed by atoms with Crippen molar-refractivity contribution < 1.29 is 0 Å². The van der Waals surface area contributed by atoms with Crippen molar-refractivity contribution in [2.24, 2.45) is 0 Å². The third kappa shape index (κ3) is 6.07. The minimum Gasteiger partial charge on any atom is -0.248 e. The topological polar surface area (TPSA) is 12.9 Å². The van der Waals surface area contributed by atoms with E-state index < -0.39 is 0 Å². The summed E-state index contributed by atoms with van der Waals surface area (Å²) in [5, 5.41) is 1.97. The Morgan fingerprint density at radius 3 is 1.55 bits per heavy atom. The minimum absolute atomic E-state index is 0.0833. The van der Waals surface area contributed by atoms with Crippen LogP contribution < -0.4 is 0 Å². The van der Waals surface area contributed by atoms with E-state index in [4.69, 9.17) is 4.98 Å². The molecule has 1 aliphatic rings. The molecule has 0 N–H and O–H groups in total. The van der Waals surface area contributed by atoms with Crippen molar-refractivity contribution in [1.82, 2.24) is 4.98 Å². The maximum atomic E-state index is 5.11. The predicted molar refractivity (Wildman–Crippen MR) is 221 cm³/mol. The van der Waals surface area contributed by atoms with Gasteiger partial charge in [0.05, 0.1) is 11.4 Å². The van der Waals surface area contributed by atoms with Crippen LogP contribution in [0.1, 0.15) is 31.9 Å². The van der Waals surface area contributed by atoms with Crippen LogP contribution in [0.3, 0.4) is 0 Å². The van der Waals surface area contributed by atoms with E-state index in [1.807, 2.05) is 17.5 Å². The lowest BCUT2D eigenvalue weighted by molar-refractivity contribution is 0.662. The maximum Gasteiger partial charge on any atom is 0.0715 e. The molecule has 0 radical (unpaired) electrons. The lowest BCUT2D eigenvalue weighted by Gasteiger charge is -2.21. The van der Waals surface area contributed by atoms with Crippen LogP contribution in [0.4, 0.5) is 0 Å². The van der Waals surface area contributed by atoms with Gasteiger partial charge in [-0.05, 0) is 109 Å². The fraction of sp³-hybridized carbons (Fsp3) is 0.0816. The first-order valence-electron chi connectivity index (χ1n) is 17.5. The number of hydrogen-bond acceptors (Lipinski definition) is 2. The molecule has 1 aromatic heterocycles. The zero-order valence-electron chi connectivity index (χ0n) is 29.1. The largest absolute Gasteiger partial charge is 0.248 e. The molecule has 1 heterocycles. The molecular formula is C49H39NS. The van der Waals surface area contributed by atoms with Gasteiger partial charge in [0.1, 0.15) is 0 Å². The molecule has 0 bridgehead atoms. The molecule has 6 aromatic carbocycles. The second-order valence-corrected chi connectivity index (χ2v) is 14.0. The van der Waals surface area contributed by atoms with Gasteiger partial charge in [-0.25, -0.2) is 4.98 Å². The number of benzene rings is 6. The number of rotatable bonds is 6. The van der Waals surface area contributed by atoms with E-state index in [9.17, 15) is 0 Å². The molecule has 8 rings (SSSR count). The molecule has 0 saturated heterocycles. The van der Waals surface area contributed by atoms with Gasteiger partial charge >= 0.3 is 0 Å². The Morgan fingerprint density at radius 1 is 0.451 bits per heavy atom. The van der Waals surface area contributed by atoms with Gasteiger partial charge in [-0.1, -0.05) is 153 Å². The van der Waals surface area contributed by atoms with Crippen molar-refractivity contribution in [3.05, 3.63) is 192 Å². The van der Waals surface area contributed by atoms with E-state index in [1.54, 1.807) is 0 Å². The summed E-state index contributed by atoms with van der Waals surface area (Å²) in [7, 11) is 0. The third-order valence-corrected chi connectivity index (χ3v) is 10.5. The molecule has 0 spiro atoms. The quantitative estimate of drug-likeness (QED) is 0.173. The molecule has 0 unspecified atom stereocenters. The van der Waals surface area contributed by atoms with Gasteiger partial charge in [0.15, 0.2) is 0 Å². The summed E-state index contributed by atoms with van der Waals surface area (Å²) in [5.74, 6) is 0. The maximum absolute atomic E-state index is 5.11. The van der Waals surface area contributed by atoms with E-state index >= 15 is 0 Å². The molecule has 1 nitrogen and oxygen atoms in total. The predicted octanol–water partition coefficient (Wildman–Crippen LogP) is 13.6. The standard InChI is InChI=1S/C49H39NS/c1-4-41-44-29-38(24-26-45(44)49(2,3)46(41)32-51)37-23-25-42(43(28-37)33-15-8-5-9-16-33)39-22-14-21-36(27-39)40-30-47(34-17-10-6-11-18-34)50-48(31-40)35-19-12-7-13-20-35/h4-32,51H,1-3H3/b41-4-,46-32+. The van der Waals surface area contributed by atoms with Crippen LogP contribution in [-0.2, 0) is 5.41 Å². The first-order chi connectivity index (χ1) is 24.9. The summed E-state index contributed by atoms with van der Waals surface area (Å²) >= 11 is 4.61. The Labute approximate surface area is 307 Å². The molecule has 0 fully saturated rings. The van der Waals surface area contributed by atoms with Crippen molar-refractivity contribution in [2.45, 2.75) is 26.2 Å². The Balaban J connectivity index is 1.25. The second kappa shape index (κ2) is 13.5. The molecule has 1 aliphatic carbocycles. The summed E-state index contributed by atoms with van der Waals surface area (Å²) in [5.41, 5.74) is 18.7. The molecule has 2 heteroatoms. The van der Waals surface area contributed by atoms with Crippen LogP contribution in [0.2, 0.25) is 0 Å². The molecule has 0 atom stereocenters. The van der Waals surface area contributed by atoms with E-state index in [1.165, 1.54) is 55.7 Å². The minimum atomic E-state index is -0.0833. The molecule has 0 amide bonds. The highest BCUT2D eigenvalue weighted by atomic mass is 32.1. The average Bonchev–Trinajstić information content (AvgIpc) is 3.42. The third-order valence-electron chi connectivity index (χ3n) is 10.3. The second-order valence-electron chi connectivity index (χ2n) is 13.7. The van der Waals surface area contributed by atoms with E-state index in [0.717, 1.165) is 33.6 Å². The number of fused-ring (bicyclic) bond motifs is 1. The van der Waals surface area contributed by atoms with Crippen LogP contribution in [0.5, 0.6) is 0 Å². The van der Waals surface area contributed by atoms with Gasteiger partial charge < -0.3 is 0 Å². The van der Waals surface area contributed by atoms with Gasteiger partial charge in [-0.2, -0.15) is 12.6 Å². The van der Waals surface area contributed by atoms with Crippen molar-refractivity contribution in [1.29, 1.82) is 0 Å². The Bertz CT molecular complexity index is 2380. The van der Waals surface area contributed by atoms with Gasteiger partial charge in [0, 0.05) is 16.5 Å². The molecule has 0 saturated carbocycles. The molecule has 0 aliphatic heterocycles. The van der Waals surface area contributed by atoms with E-state index in [0.29, 0.717) is 0 Å². The van der Waals surface area contributed by atoms with E-state index in [2.05, 4.69) is 191 Å². The van der Waals surface area contributed by atoms with Gasteiger partial charge in [0.25, 0.3) is 0 Å². The van der Waals surface area contributed by atoms with Crippen LogP contribution in [-0.4, -0.2) is 4.98 Å². The Morgan fingerprint density at radius 2 is 0.961 bits per heavy atom. The fourth-order valence-corrected chi connectivity index (χ4v) is 8.03. The van der Waals surface area contributed by atoms with Gasteiger partial charge in [-0.3, -0.25) is 0 Å². The molecule has 51 heavy (non-hydrogen) atoms. The number of thiol groups is 1. The first-order valence-corrected chi connectivity index (χ1v) is 18.1. The molecular weight excluding hydrogens is 635 g/mol. The van der Waals surface area contributed by atoms with Crippen LogP contribution in [0, 0.1) is 0 Å². The highest BCUT2D eigenvalue weighted by Crippen LogP contribution is 2.51. The number of pyridine rings is 1. The molecule has 246 valence electrons. The lowest BCUT2D eigenvalue weighted by Crippen LogP contribution is -2.14. The van der Waals surface area contributed by atoms with E-state index in [-0.39, 0.29) is 5.41 Å². The van der Waals surface area contributed by atoms with Crippen molar-refractivity contribution in [2.75, 3.05) is 0 Å². The highest BCUT2D eigenvalue weighted by molar-refractivity contribution is 7.83. The zero-order chi connectivity index (χ0) is 35.0. The van der Waals surface area contributed by atoms with Crippen LogP contribution in [0.25, 0.3) is 72.6 Å². The fourth-order valence-electron chi connectivity index (χ4n) is 7.57. The Hall–Kier alpha value is -5.70. The summed E-state index contributed by atoms with van der Waals surface area (Å²) in [6.45, 7) is 6.70. The highest BCUT2D eigenvalue weighted by Gasteiger charge is 2.37. The van der Waals surface area contributed by atoms with Gasteiger partial charge in [0.2, 0.25) is 0 Å². The summed E-state index contributed by atoms with van der Waals surface area (Å²) in [4.78, 5) is 5.11. The Kier molecular flexibility index (Phi) is 8.63. The summed E-state index contributed by atoms with van der Waals surface area (Å²) < 4.78 is 0. The summed E-state index contributed by atoms with van der Waals surface area (Å²) in [6, 6.07) is 58.8. The number of aromatic nitrogens is 1. The smallest absolute Gasteiger partial charge is 0.0715 e. The average molecular weight is 674 g/mol. The normalized spacial score (nSPS) is 14.9. The molecule has 7 aromatic rings. The first kappa shape index (κ1) is 32.5. The number of hydrogen-bond donors (Lipinski definition) is 1. The number of nitrogens with zero attached hydrogens (tertiary/aromatic N) is 1. The lowest BCUT2D eigenvalue weighted by atomic mass is 9.82. The van der Waals surface area contributed by atoms with Crippen molar-refractivity contribution in [3.63, 3.8) is 0 Å². The SMILES string of the molecule is C/C=C1\C(=C/S)C(C)(C)c2ccc(-c3ccc(-c4cccc(-c5cc(-c6ccccc6)nc(-c6ccccc6)c5)c4)c(-c4ccccc4)c3)cc21. The van der Waals surface area contributed by atoms with Crippen LogP contribution in [0.15, 0.2) is 181 Å². The van der Waals surface area contributed by atoms with Crippen molar-refractivity contribution >= 4 is 18.2 Å².